The molecule has 1 aliphatic rings. The molecule has 3 heteroatoms. The molecule has 0 aromatic heterocycles. The summed E-state index contributed by atoms with van der Waals surface area (Å²) in [6, 6.07) is 0. The lowest BCUT2D eigenvalue weighted by Gasteiger charge is -2.29. The molecule has 1 aliphatic carbocycles. The number of ether oxygens (including phenoxy) is 2. The Balaban J connectivity index is 2.76. The van der Waals surface area contributed by atoms with E-state index in [0.717, 1.165) is 0 Å². The maximum atomic E-state index is 11.9. The predicted molar refractivity (Wildman–Crippen MR) is 58.4 cm³/mol. The Bertz CT molecular complexity index is 315. The molecule has 0 amide bonds. The van der Waals surface area contributed by atoms with Crippen LogP contribution in [0.3, 0.4) is 0 Å². The van der Waals surface area contributed by atoms with Crippen LogP contribution in [0.2, 0.25) is 0 Å². The Labute approximate surface area is 90.1 Å². The molecule has 15 heavy (non-hydrogen) atoms. The first-order valence-corrected chi connectivity index (χ1v) is 4.87. The van der Waals surface area contributed by atoms with Crippen LogP contribution in [0.4, 0.5) is 0 Å². The Morgan fingerprint density at radius 3 is 2.93 bits per heavy atom. The van der Waals surface area contributed by atoms with Crippen LogP contribution in [0, 0.1) is 0 Å². The number of carbonyl (C=O) groups is 1. The van der Waals surface area contributed by atoms with Crippen molar-refractivity contribution in [2.24, 2.45) is 0 Å². The third-order valence-corrected chi connectivity index (χ3v) is 2.28. The molecule has 0 saturated carbocycles. The normalized spacial score (nSPS) is 25.2. The van der Waals surface area contributed by atoms with Gasteiger partial charge < -0.3 is 9.47 Å². The van der Waals surface area contributed by atoms with Gasteiger partial charge in [-0.05, 0) is 25.0 Å². The molecule has 0 aliphatic heterocycles. The van der Waals surface area contributed by atoms with Crippen molar-refractivity contribution in [2.45, 2.75) is 19.1 Å². The van der Waals surface area contributed by atoms with E-state index in [2.05, 4.69) is 6.58 Å². The van der Waals surface area contributed by atoms with E-state index in [0.29, 0.717) is 18.6 Å². The van der Waals surface area contributed by atoms with E-state index in [4.69, 9.17) is 9.47 Å². The van der Waals surface area contributed by atoms with Crippen LogP contribution in [0.5, 0.6) is 0 Å². The molecule has 82 valence electrons. The lowest BCUT2D eigenvalue weighted by atomic mass is 9.99. The predicted octanol–water partition coefficient (Wildman–Crippen LogP) is 2.01. The number of allylic oxidation sites excluding steroid dienone is 2. The monoisotopic (exact) mass is 208 g/mol. The smallest absolute Gasteiger partial charge is 0.253 e. The summed E-state index contributed by atoms with van der Waals surface area (Å²) >= 11 is 0. The average molecular weight is 208 g/mol. The molecular formula is C12H16O3. The highest BCUT2D eigenvalue weighted by Crippen LogP contribution is 2.24. The van der Waals surface area contributed by atoms with Crippen molar-refractivity contribution in [3.8, 4) is 0 Å². The van der Waals surface area contributed by atoms with Gasteiger partial charge in [0.2, 0.25) is 5.78 Å². The molecule has 0 heterocycles. The van der Waals surface area contributed by atoms with Gasteiger partial charge in [0.25, 0.3) is 5.79 Å². The topological polar surface area (TPSA) is 35.5 Å². The minimum absolute atomic E-state index is 0.142. The zero-order chi connectivity index (χ0) is 11.3. The molecule has 1 unspecified atom stereocenters. The van der Waals surface area contributed by atoms with Crippen LogP contribution in [0.1, 0.15) is 13.3 Å². The van der Waals surface area contributed by atoms with Crippen LogP contribution in [0.15, 0.2) is 36.5 Å². The van der Waals surface area contributed by atoms with Crippen molar-refractivity contribution in [1.82, 2.24) is 0 Å². The van der Waals surface area contributed by atoms with Gasteiger partial charge in [-0.15, -0.1) is 6.58 Å². The minimum Gasteiger partial charge on any atom is -0.344 e. The Morgan fingerprint density at radius 2 is 2.33 bits per heavy atom. The molecule has 1 rings (SSSR count). The maximum absolute atomic E-state index is 11.9. The summed E-state index contributed by atoms with van der Waals surface area (Å²) in [5.41, 5.74) is 0.637. The number of methoxy groups -OCH3 is 1. The second-order valence-corrected chi connectivity index (χ2v) is 3.34. The second-order valence-electron chi connectivity index (χ2n) is 3.34. The number of hydrogen-bond acceptors (Lipinski definition) is 3. The van der Waals surface area contributed by atoms with Crippen molar-refractivity contribution in [1.29, 1.82) is 0 Å². The molecule has 3 nitrogen and oxygen atoms in total. The number of Topliss-reactive ketones (excluding diaryl/α,β-unsaturated/α-hetero) is 1. The maximum Gasteiger partial charge on any atom is 0.253 e. The van der Waals surface area contributed by atoms with Gasteiger partial charge in [0, 0.05) is 7.11 Å². The molecular weight excluding hydrogens is 192 g/mol. The van der Waals surface area contributed by atoms with Gasteiger partial charge in [-0.3, -0.25) is 4.79 Å². The third kappa shape index (κ3) is 2.43. The van der Waals surface area contributed by atoms with Crippen molar-refractivity contribution in [3.63, 3.8) is 0 Å². The SMILES string of the molecule is C=CCCOC1(OC)C=CC=C(C)C1=O. The van der Waals surface area contributed by atoms with Crippen LogP contribution in [-0.2, 0) is 14.3 Å². The fraction of sp³-hybridized carbons (Fsp3) is 0.417. The Hall–Kier alpha value is -1.19. The first-order chi connectivity index (χ1) is 7.16. The second kappa shape index (κ2) is 5.05. The van der Waals surface area contributed by atoms with E-state index in [-0.39, 0.29) is 5.78 Å². The summed E-state index contributed by atoms with van der Waals surface area (Å²) in [6.07, 6.45) is 7.58. The quantitative estimate of drug-likeness (QED) is 0.394. The molecule has 0 aromatic rings. The van der Waals surface area contributed by atoms with Gasteiger partial charge in [0.05, 0.1) is 6.61 Å². The summed E-state index contributed by atoms with van der Waals surface area (Å²) in [5.74, 6) is -1.38. The molecule has 1 atom stereocenters. The highest BCUT2D eigenvalue weighted by molar-refractivity contribution is 6.03. The van der Waals surface area contributed by atoms with Crippen molar-refractivity contribution < 1.29 is 14.3 Å². The zero-order valence-corrected chi connectivity index (χ0v) is 9.16. The largest absolute Gasteiger partial charge is 0.344 e. The number of ketones is 1. The fourth-order valence-corrected chi connectivity index (χ4v) is 1.37. The van der Waals surface area contributed by atoms with E-state index >= 15 is 0 Å². The summed E-state index contributed by atoms with van der Waals surface area (Å²) in [4.78, 5) is 11.9. The van der Waals surface area contributed by atoms with Crippen LogP contribution in [0.25, 0.3) is 0 Å². The van der Waals surface area contributed by atoms with Gasteiger partial charge in [-0.1, -0.05) is 18.2 Å². The summed E-state index contributed by atoms with van der Waals surface area (Å²) in [5, 5.41) is 0. The van der Waals surface area contributed by atoms with E-state index in [9.17, 15) is 4.79 Å². The zero-order valence-electron chi connectivity index (χ0n) is 9.16. The fourth-order valence-electron chi connectivity index (χ4n) is 1.37. The van der Waals surface area contributed by atoms with E-state index in [1.165, 1.54) is 7.11 Å². The van der Waals surface area contributed by atoms with Crippen LogP contribution < -0.4 is 0 Å². The molecule has 0 fully saturated rings. The number of carbonyl (C=O) groups excluding carboxylic acids is 1. The highest BCUT2D eigenvalue weighted by Gasteiger charge is 2.38. The highest BCUT2D eigenvalue weighted by atomic mass is 16.7. The molecule has 0 aromatic carbocycles. The first-order valence-electron chi connectivity index (χ1n) is 4.87. The van der Waals surface area contributed by atoms with Gasteiger partial charge >= 0.3 is 0 Å². The molecule has 0 N–H and O–H groups in total. The van der Waals surface area contributed by atoms with Gasteiger partial charge in [0.1, 0.15) is 0 Å². The lowest BCUT2D eigenvalue weighted by Crippen LogP contribution is -2.43. The summed E-state index contributed by atoms with van der Waals surface area (Å²) < 4.78 is 10.6. The van der Waals surface area contributed by atoms with Gasteiger partial charge in [0.15, 0.2) is 0 Å². The summed E-state index contributed by atoms with van der Waals surface area (Å²) in [6.45, 7) is 5.75. The van der Waals surface area contributed by atoms with Crippen LogP contribution in [-0.4, -0.2) is 25.3 Å². The van der Waals surface area contributed by atoms with Gasteiger partial charge in [-0.25, -0.2) is 0 Å². The number of hydrogen-bond donors (Lipinski definition) is 0. The van der Waals surface area contributed by atoms with Crippen LogP contribution >= 0.6 is 0 Å². The molecule has 0 bridgehead atoms. The Kier molecular flexibility index (Phi) is 4.00. The van der Waals surface area contributed by atoms with Crippen molar-refractivity contribution in [3.05, 3.63) is 36.5 Å². The molecule has 0 saturated heterocycles. The summed E-state index contributed by atoms with van der Waals surface area (Å²) in [7, 11) is 1.47. The lowest BCUT2D eigenvalue weighted by molar-refractivity contribution is -0.192. The van der Waals surface area contributed by atoms with Crippen molar-refractivity contribution >= 4 is 5.78 Å². The standard InChI is InChI=1S/C12H16O3/c1-4-5-9-15-12(14-3)8-6-7-10(2)11(12)13/h4,6-8H,1,5,9H2,2-3H3. The first kappa shape index (κ1) is 11.9. The number of rotatable bonds is 5. The van der Waals surface area contributed by atoms with E-state index < -0.39 is 5.79 Å². The minimum atomic E-state index is -1.23. The van der Waals surface area contributed by atoms with Gasteiger partial charge in [-0.2, -0.15) is 0 Å². The van der Waals surface area contributed by atoms with E-state index in [1.54, 1.807) is 31.2 Å². The average Bonchev–Trinajstić information content (AvgIpc) is 2.25. The molecule has 0 spiro atoms. The Morgan fingerprint density at radius 1 is 1.60 bits per heavy atom. The van der Waals surface area contributed by atoms with Crippen molar-refractivity contribution in [2.75, 3.05) is 13.7 Å². The third-order valence-electron chi connectivity index (χ3n) is 2.28. The van der Waals surface area contributed by atoms with E-state index in [1.807, 2.05) is 0 Å². The molecule has 0 radical (unpaired) electrons.